The predicted octanol–water partition coefficient (Wildman–Crippen LogP) is 4.84. The topological polar surface area (TPSA) is 52.7 Å². The molecule has 31 heavy (non-hydrogen) atoms. The Morgan fingerprint density at radius 2 is 1.68 bits per heavy atom. The van der Waals surface area contributed by atoms with E-state index in [1.54, 1.807) is 0 Å². The van der Waals surface area contributed by atoms with Gasteiger partial charge in [-0.15, -0.1) is 0 Å². The van der Waals surface area contributed by atoms with Crippen molar-refractivity contribution in [3.8, 4) is 0 Å². The van der Waals surface area contributed by atoms with Crippen molar-refractivity contribution < 1.29 is 8.42 Å². The van der Waals surface area contributed by atoms with Crippen molar-refractivity contribution in [2.75, 3.05) is 30.6 Å². The molecule has 1 unspecified atom stereocenters. The van der Waals surface area contributed by atoms with Crippen molar-refractivity contribution in [3.63, 3.8) is 0 Å². The summed E-state index contributed by atoms with van der Waals surface area (Å²) in [4.78, 5) is 5.16. The normalized spacial score (nSPS) is 19.0. The Bertz CT molecular complexity index is 979. The number of rotatable bonds is 6. The van der Waals surface area contributed by atoms with Crippen LogP contribution in [0.5, 0.6) is 0 Å². The SMILES string of the molecule is CC(C)c1ccccc1C1CN(Cc2ccc(NS(C)(=O)=O)cc2)CCN1C(C)(C)C. The second kappa shape index (κ2) is 9.31. The first-order chi connectivity index (χ1) is 14.4. The fourth-order valence-electron chi connectivity index (χ4n) is 4.54. The van der Waals surface area contributed by atoms with Crippen LogP contribution in [0.4, 0.5) is 5.69 Å². The molecular formula is C25H37N3O2S. The van der Waals surface area contributed by atoms with E-state index in [1.807, 2.05) is 24.3 Å². The molecule has 0 spiro atoms. The maximum absolute atomic E-state index is 11.4. The van der Waals surface area contributed by atoms with E-state index in [1.165, 1.54) is 22.9 Å². The molecular weight excluding hydrogens is 406 g/mol. The number of benzene rings is 2. The van der Waals surface area contributed by atoms with Gasteiger partial charge in [-0.05, 0) is 55.5 Å². The van der Waals surface area contributed by atoms with Crippen LogP contribution in [0.3, 0.4) is 0 Å². The summed E-state index contributed by atoms with van der Waals surface area (Å²) in [5.41, 5.74) is 4.76. The molecule has 170 valence electrons. The van der Waals surface area contributed by atoms with Gasteiger partial charge in [0.15, 0.2) is 0 Å². The lowest BCUT2D eigenvalue weighted by molar-refractivity contribution is 0.00555. The Labute approximate surface area is 188 Å². The third-order valence-electron chi connectivity index (χ3n) is 5.97. The molecule has 0 saturated carbocycles. The van der Waals surface area contributed by atoms with Crippen LogP contribution in [0.25, 0.3) is 0 Å². The van der Waals surface area contributed by atoms with Gasteiger partial charge in [-0.3, -0.25) is 14.5 Å². The summed E-state index contributed by atoms with van der Waals surface area (Å²) in [7, 11) is -3.25. The quantitative estimate of drug-likeness (QED) is 0.694. The smallest absolute Gasteiger partial charge is 0.229 e. The molecule has 1 fully saturated rings. The summed E-state index contributed by atoms with van der Waals surface area (Å²) in [6.07, 6.45) is 1.17. The zero-order valence-electron chi connectivity index (χ0n) is 19.7. The summed E-state index contributed by atoms with van der Waals surface area (Å²) < 4.78 is 25.4. The fourth-order valence-corrected chi connectivity index (χ4v) is 5.11. The van der Waals surface area contributed by atoms with Crippen molar-refractivity contribution >= 4 is 15.7 Å². The van der Waals surface area contributed by atoms with Crippen molar-refractivity contribution in [3.05, 3.63) is 65.2 Å². The van der Waals surface area contributed by atoms with E-state index in [9.17, 15) is 8.42 Å². The second-order valence-corrected chi connectivity index (χ2v) is 11.7. The van der Waals surface area contributed by atoms with Gasteiger partial charge in [-0.1, -0.05) is 50.2 Å². The lowest BCUT2D eigenvalue weighted by Crippen LogP contribution is -2.55. The molecule has 1 atom stereocenters. The molecule has 0 bridgehead atoms. The van der Waals surface area contributed by atoms with E-state index < -0.39 is 10.0 Å². The molecule has 1 N–H and O–H groups in total. The van der Waals surface area contributed by atoms with E-state index in [0.29, 0.717) is 17.6 Å². The fraction of sp³-hybridized carbons (Fsp3) is 0.520. The first-order valence-electron chi connectivity index (χ1n) is 11.1. The Morgan fingerprint density at radius 1 is 1.03 bits per heavy atom. The molecule has 0 aromatic heterocycles. The monoisotopic (exact) mass is 443 g/mol. The van der Waals surface area contributed by atoms with Gasteiger partial charge in [0.05, 0.1) is 6.26 Å². The predicted molar refractivity (Wildman–Crippen MR) is 130 cm³/mol. The van der Waals surface area contributed by atoms with E-state index in [-0.39, 0.29) is 5.54 Å². The molecule has 3 rings (SSSR count). The number of nitrogens with zero attached hydrogens (tertiary/aromatic N) is 2. The van der Waals surface area contributed by atoms with Crippen LogP contribution in [-0.4, -0.2) is 49.6 Å². The summed E-state index contributed by atoms with van der Waals surface area (Å²) in [6.45, 7) is 15.3. The largest absolute Gasteiger partial charge is 0.296 e. The van der Waals surface area contributed by atoms with Crippen molar-refractivity contribution in [2.45, 2.75) is 58.7 Å². The molecule has 5 nitrogen and oxygen atoms in total. The molecule has 2 aromatic rings. The maximum Gasteiger partial charge on any atom is 0.229 e. The zero-order valence-corrected chi connectivity index (χ0v) is 20.5. The van der Waals surface area contributed by atoms with Crippen LogP contribution in [-0.2, 0) is 16.6 Å². The summed E-state index contributed by atoms with van der Waals surface area (Å²) in [5, 5.41) is 0. The highest BCUT2D eigenvalue weighted by Crippen LogP contribution is 2.36. The highest BCUT2D eigenvalue weighted by molar-refractivity contribution is 7.92. The van der Waals surface area contributed by atoms with Gasteiger partial charge in [0.2, 0.25) is 10.0 Å². The van der Waals surface area contributed by atoms with E-state index >= 15 is 0 Å². The third kappa shape index (κ3) is 6.31. The molecule has 1 aliphatic heterocycles. The molecule has 0 radical (unpaired) electrons. The Kier molecular flexibility index (Phi) is 7.14. The van der Waals surface area contributed by atoms with Crippen molar-refractivity contribution in [1.82, 2.24) is 9.80 Å². The number of nitrogens with one attached hydrogen (secondary N) is 1. The standard InChI is InChI=1S/C25H37N3O2S/c1-19(2)22-9-7-8-10-23(22)24-18-27(15-16-28(24)25(3,4)5)17-20-11-13-21(14-12-20)26-31(6,29)30/h7-14,19,24,26H,15-18H2,1-6H3. The highest BCUT2D eigenvalue weighted by atomic mass is 32.2. The lowest BCUT2D eigenvalue weighted by Gasteiger charge is -2.49. The minimum atomic E-state index is -3.25. The average Bonchev–Trinajstić information content (AvgIpc) is 2.67. The summed E-state index contributed by atoms with van der Waals surface area (Å²) in [5.74, 6) is 0.489. The molecule has 1 aliphatic rings. The van der Waals surface area contributed by atoms with E-state index in [4.69, 9.17) is 0 Å². The lowest BCUT2D eigenvalue weighted by atomic mass is 9.88. The number of anilines is 1. The minimum Gasteiger partial charge on any atom is -0.296 e. The summed E-state index contributed by atoms with van der Waals surface area (Å²) >= 11 is 0. The van der Waals surface area contributed by atoms with Crippen molar-refractivity contribution in [1.29, 1.82) is 0 Å². The third-order valence-corrected chi connectivity index (χ3v) is 6.57. The molecule has 6 heteroatoms. The van der Waals surface area contributed by atoms with Gasteiger partial charge in [0.25, 0.3) is 0 Å². The van der Waals surface area contributed by atoms with Crippen LogP contribution in [0.15, 0.2) is 48.5 Å². The van der Waals surface area contributed by atoms with Gasteiger partial charge in [-0.25, -0.2) is 8.42 Å². The number of hydrogen-bond donors (Lipinski definition) is 1. The molecule has 2 aromatic carbocycles. The van der Waals surface area contributed by atoms with Crippen molar-refractivity contribution in [2.24, 2.45) is 0 Å². The number of hydrogen-bond acceptors (Lipinski definition) is 4. The zero-order chi connectivity index (χ0) is 22.8. The van der Waals surface area contributed by atoms with E-state index in [0.717, 1.165) is 26.2 Å². The Balaban J connectivity index is 1.81. The first-order valence-corrected chi connectivity index (χ1v) is 13.0. The van der Waals surface area contributed by atoms with Crippen LogP contribution in [0, 0.1) is 0 Å². The second-order valence-electron chi connectivity index (χ2n) is 9.97. The van der Waals surface area contributed by atoms with Crippen LogP contribution < -0.4 is 4.72 Å². The van der Waals surface area contributed by atoms with Crippen LogP contribution in [0.1, 0.15) is 63.3 Å². The van der Waals surface area contributed by atoms with Crippen LogP contribution >= 0.6 is 0 Å². The minimum absolute atomic E-state index is 0.0970. The van der Waals surface area contributed by atoms with Crippen LogP contribution in [0.2, 0.25) is 0 Å². The van der Waals surface area contributed by atoms with Gasteiger partial charge in [0, 0.05) is 43.4 Å². The molecule has 0 amide bonds. The molecule has 1 saturated heterocycles. The number of piperazine rings is 1. The van der Waals surface area contributed by atoms with Gasteiger partial charge < -0.3 is 0 Å². The van der Waals surface area contributed by atoms with E-state index in [2.05, 4.69) is 73.4 Å². The Morgan fingerprint density at radius 3 is 2.26 bits per heavy atom. The van der Waals surface area contributed by atoms with Gasteiger partial charge >= 0.3 is 0 Å². The maximum atomic E-state index is 11.4. The van der Waals surface area contributed by atoms with Gasteiger partial charge in [-0.2, -0.15) is 0 Å². The van der Waals surface area contributed by atoms with Gasteiger partial charge in [0.1, 0.15) is 0 Å². The highest BCUT2D eigenvalue weighted by Gasteiger charge is 2.35. The Hall–Kier alpha value is -1.89. The molecule has 0 aliphatic carbocycles. The molecule has 1 heterocycles. The summed E-state index contributed by atoms with van der Waals surface area (Å²) in [6, 6.07) is 16.9. The number of sulfonamides is 1. The first kappa shape index (κ1) is 23.8. The average molecular weight is 444 g/mol.